The van der Waals surface area contributed by atoms with E-state index in [4.69, 9.17) is 0 Å². The van der Waals surface area contributed by atoms with E-state index in [1.54, 1.807) is 26.0 Å². The molecule has 1 unspecified atom stereocenters. The molecule has 2 rings (SSSR count). The number of aryl methyl sites for hydroxylation is 1. The molecule has 7 nitrogen and oxygen atoms in total. The van der Waals surface area contributed by atoms with Gasteiger partial charge in [0.15, 0.2) is 0 Å². The van der Waals surface area contributed by atoms with Crippen LogP contribution in [0.3, 0.4) is 0 Å². The maximum absolute atomic E-state index is 13.5. The molecule has 0 heterocycles. The summed E-state index contributed by atoms with van der Waals surface area (Å²) in [4.78, 5) is 27.5. The van der Waals surface area contributed by atoms with Crippen LogP contribution < -0.4 is 9.62 Å². The lowest BCUT2D eigenvalue weighted by molar-refractivity contribution is -0.140. The van der Waals surface area contributed by atoms with E-state index in [0.717, 1.165) is 29.5 Å². The van der Waals surface area contributed by atoms with Gasteiger partial charge in [0.1, 0.15) is 12.6 Å². The molecule has 11 heteroatoms. The topological polar surface area (TPSA) is 86.8 Å². The fourth-order valence-electron chi connectivity index (χ4n) is 3.63. The van der Waals surface area contributed by atoms with Gasteiger partial charge in [-0.1, -0.05) is 37.3 Å². The van der Waals surface area contributed by atoms with Crippen LogP contribution in [0.5, 0.6) is 0 Å². The van der Waals surface area contributed by atoms with Gasteiger partial charge < -0.3 is 10.2 Å². The fourth-order valence-corrected chi connectivity index (χ4v) is 4.48. The van der Waals surface area contributed by atoms with Gasteiger partial charge in [-0.2, -0.15) is 13.2 Å². The Balaban J connectivity index is 2.50. The Morgan fingerprint density at radius 2 is 1.71 bits per heavy atom. The second-order valence-corrected chi connectivity index (χ2v) is 9.99. The molecule has 2 amide bonds. The van der Waals surface area contributed by atoms with Crippen LogP contribution in [0.25, 0.3) is 0 Å². The summed E-state index contributed by atoms with van der Waals surface area (Å²) >= 11 is 0. The summed E-state index contributed by atoms with van der Waals surface area (Å²) in [6.45, 7) is 4.90. The van der Waals surface area contributed by atoms with E-state index in [1.807, 2.05) is 19.1 Å². The summed E-state index contributed by atoms with van der Waals surface area (Å²) < 4.78 is 65.4. The largest absolute Gasteiger partial charge is 0.416 e. The van der Waals surface area contributed by atoms with E-state index in [2.05, 4.69) is 5.32 Å². The highest BCUT2D eigenvalue weighted by molar-refractivity contribution is 7.92. The van der Waals surface area contributed by atoms with Crippen molar-refractivity contribution >= 4 is 27.5 Å². The minimum Gasteiger partial charge on any atom is -0.355 e. The fraction of sp³-hybridized carbons (Fsp3) is 0.417. The quantitative estimate of drug-likeness (QED) is 0.525. The molecule has 0 saturated carbocycles. The molecule has 2 aromatic rings. The molecule has 2 aromatic carbocycles. The van der Waals surface area contributed by atoms with Crippen LogP contribution >= 0.6 is 0 Å². The number of alkyl halides is 3. The van der Waals surface area contributed by atoms with Crippen molar-refractivity contribution in [3.05, 3.63) is 65.2 Å². The highest BCUT2D eigenvalue weighted by Gasteiger charge is 2.34. The number of rotatable bonds is 10. The Kier molecular flexibility index (Phi) is 9.31. The molecular formula is C24H30F3N3O4S. The number of carbonyl (C=O) groups excluding carboxylic acids is 2. The lowest BCUT2D eigenvalue weighted by Gasteiger charge is -2.33. The highest BCUT2D eigenvalue weighted by atomic mass is 32.2. The van der Waals surface area contributed by atoms with Crippen molar-refractivity contribution in [1.82, 2.24) is 10.2 Å². The van der Waals surface area contributed by atoms with E-state index < -0.39 is 46.2 Å². The average Bonchev–Trinajstić information content (AvgIpc) is 2.77. The first-order chi connectivity index (χ1) is 16.3. The highest BCUT2D eigenvalue weighted by Crippen LogP contribution is 2.32. The van der Waals surface area contributed by atoms with Crippen LogP contribution in [0.1, 0.15) is 37.0 Å². The molecule has 1 N–H and O–H groups in total. The SMILES string of the molecule is CCNC(=O)C(CC)N(Cc1ccccc1C)C(=O)CN(c1cccc(C(F)(F)F)c1)S(C)(=O)=O. The zero-order chi connectivity index (χ0) is 26.4. The predicted octanol–water partition coefficient (Wildman–Crippen LogP) is 3.72. The van der Waals surface area contributed by atoms with Crippen molar-refractivity contribution in [3.63, 3.8) is 0 Å². The molecule has 0 aliphatic rings. The molecule has 0 aliphatic heterocycles. The second-order valence-electron chi connectivity index (χ2n) is 8.08. The molecular weight excluding hydrogens is 483 g/mol. The minimum atomic E-state index is -4.69. The number of anilines is 1. The number of benzene rings is 2. The summed E-state index contributed by atoms with van der Waals surface area (Å²) in [5, 5.41) is 2.68. The van der Waals surface area contributed by atoms with Gasteiger partial charge in [-0.05, 0) is 49.6 Å². The van der Waals surface area contributed by atoms with Crippen LogP contribution in [0, 0.1) is 6.92 Å². The van der Waals surface area contributed by atoms with Crippen molar-refractivity contribution in [2.75, 3.05) is 23.7 Å². The maximum atomic E-state index is 13.5. The first-order valence-corrected chi connectivity index (χ1v) is 12.9. The molecule has 0 aliphatic carbocycles. The third-order valence-corrected chi connectivity index (χ3v) is 6.62. The maximum Gasteiger partial charge on any atom is 0.416 e. The van der Waals surface area contributed by atoms with Gasteiger partial charge in [0, 0.05) is 13.1 Å². The number of nitrogens with one attached hydrogen (secondary N) is 1. The van der Waals surface area contributed by atoms with E-state index in [9.17, 15) is 31.2 Å². The Labute approximate surface area is 204 Å². The van der Waals surface area contributed by atoms with Gasteiger partial charge >= 0.3 is 6.18 Å². The van der Waals surface area contributed by atoms with Gasteiger partial charge in [-0.25, -0.2) is 8.42 Å². The Morgan fingerprint density at radius 3 is 2.26 bits per heavy atom. The van der Waals surface area contributed by atoms with Gasteiger partial charge in [-0.3, -0.25) is 13.9 Å². The molecule has 35 heavy (non-hydrogen) atoms. The van der Waals surface area contributed by atoms with Crippen LogP contribution in [-0.4, -0.2) is 50.5 Å². The lowest BCUT2D eigenvalue weighted by atomic mass is 10.1. The second kappa shape index (κ2) is 11.6. The molecule has 0 fully saturated rings. The molecule has 0 saturated heterocycles. The zero-order valence-electron chi connectivity index (χ0n) is 20.1. The molecule has 0 radical (unpaired) electrons. The summed E-state index contributed by atoms with van der Waals surface area (Å²) in [6.07, 6.45) is -3.62. The number of hydrogen-bond acceptors (Lipinski definition) is 4. The summed E-state index contributed by atoms with van der Waals surface area (Å²) in [5.41, 5.74) is 0.293. The number of sulfonamides is 1. The van der Waals surface area contributed by atoms with Crippen molar-refractivity contribution in [3.8, 4) is 0 Å². The van der Waals surface area contributed by atoms with Crippen LogP contribution in [-0.2, 0) is 32.3 Å². The Bertz CT molecular complexity index is 1150. The van der Waals surface area contributed by atoms with E-state index in [1.165, 1.54) is 11.0 Å². The smallest absolute Gasteiger partial charge is 0.355 e. The molecule has 0 aromatic heterocycles. The molecule has 0 bridgehead atoms. The number of carbonyl (C=O) groups is 2. The van der Waals surface area contributed by atoms with Crippen LogP contribution in [0.2, 0.25) is 0 Å². The number of halogens is 3. The van der Waals surface area contributed by atoms with Crippen molar-refractivity contribution in [1.29, 1.82) is 0 Å². The van der Waals surface area contributed by atoms with Crippen LogP contribution in [0.4, 0.5) is 18.9 Å². The average molecular weight is 514 g/mol. The van der Waals surface area contributed by atoms with Gasteiger partial charge in [0.2, 0.25) is 21.8 Å². The van der Waals surface area contributed by atoms with Gasteiger partial charge in [0.25, 0.3) is 0 Å². The Hall–Kier alpha value is -3.08. The Morgan fingerprint density at radius 1 is 1.06 bits per heavy atom. The van der Waals surface area contributed by atoms with E-state index >= 15 is 0 Å². The number of nitrogens with zero attached hydrogens (tertiary/aromatic N) is 2. The summed E-state index contributed by atoms with van der Waals surface area (Å²) in [5.74, 6) is -1.11. The first kappa shape index (κ1) is 28.2. The standard InChI is InChI=1S/C24H30F3N3O4S/c1-5-21(23(32)28-6-2)29(15-18-11-8-7-10-17(18)3)22(31)16-30(35(4,33)34)20-13-9-12-19(14-20)24(25,26)27/h7-14,21H,5-6,15-16H2,1-4H3,(H,28,32). The first-order valence-electron chi connectivity index (χ1n) is 11.1. The minimum absolute atomic E-state index is 0.0291. The molecule has 192 valence electrons. The van der Waals surface area contributed by atoms with E-state index in [-0.39, 0.29) is 18.7 Å². The monoisotopic (exact) mass is 513 g/mol. The van der Waals surface area contributed by atoms with Gasteiger partial charge in [0.05, 0.1) is 17.5 Å². The van der Waals surface area contributed by atoms with Crippen molar-refractivity contribution in [2.24, 2.45) is 0 Å². The summed E-state index contributed by atoms with van der Waals surface area (Å²) in [7, 11) is -4.13. The number of amides is 2. The van der Waals surface area contributed by atoms with Crippen LogP contribution in [0.15, 0.2) is 48.5 Å². The van der Waals surface area contributed by atoms with Gasteiger partial charge in [-0.15, -0.1) is 0 Å². The lowest BCUT2D eigenvalue weighted by Crippen LogP contribution is -2.52. The molecule has 0 spiro atoms. The number of likely N-dealkylation sites (N-methyl/N-ethyl adjacent to an activating group) is 1. The van der Waals surface area contributed by atoms with Crippen molar-refractivity contribution in [2.45, 2.75) is 46.0 Å². The normalized spacial score (nSPS) is 12.7. The predicted molar refractivity (Wildman–Crippen MR) is 128 cm³/mol. The summed E-state index contributed by atoms with van der Waals surface area (Å²) in [6, 6.07) is 10.1. The van der Waals surface area contributed by atoms with Crippen molar-refractivity contribution < 1.29 is 31.2 Å². The zero-order valence-corrected chi connectivity index (χ0v) is 20.9. The third kappa shape index (κ3) is 7.45. The van der Waals surface area contributed by atoms with E-state index in [0.29, 0.717) is 16.9 Å². The third-order valence-electron chi connectivity index (χ3n) is 5.48. The molecule has 1 atom stereocenters. The number of hydrogen-bond donors (Lipinski definition) is 1.